The van der Waals surface area contributed by atoms with Crippen LogP contribution in [0.1, 0.15) is 36.7 Å². The van der Waals surface area contributed by atoms with Crippen molar-refractivity contribution in [3.05, 3.63) is 54.9 Å². The van der Waals surface area contributed by atoms with Gasteiger partial charge in [-0.3, -0.25) is 14.4 Å². The first-order valence-corrected chi connectivity index (χ1v) is 8.31. The van der Waals surface area contributed by atoms with Crippen LogP contribution in [0.4, 0.5) is 0 Å². The lowest BCUT2D eigenvalue weighted by Crippen LogP contribution is -2.22. The quantitative estimate of drug-likeness (QED) is 0.872. The van der Waals surface area contributed by atoms with Crippen LogP contribution in [0.2, 0.25) is 0 Å². The molecule has 0 radical (unpaired) electrons. The summed E-state index contributed by atoms with van der Waals surface area (Å²) in [5, 5.41) is 2.55. The van der Waals surface area contributed by atoms with Gasteiger partial charge >= 0.3 is 0 Å². The van der Waals surface area contributed by atoms with Gasteiger partial charge in [0.1, 0.15) is 0 Å². The van der Waals surface area contributed by atoms with Crippen LogP contribution in [-0.2, 0) is 4.79 Å². The predicted molar refractivity (Wildman–Crippen MR) is 96.5 cm³/mol. The Labute approximate surface area is 143 Å². The van der Waals surface area contributed by atoms with Gasteiger partial charge in [-0.1, -0.05) is 32.9 Å². The second-order valence-corrected chi connectivity index (χ2v) is 7.47. The summed E-state index contributed by atoms with van der Waals surface area (Å²) < 4.78 is 1.05. The van der Waals surface area contributed by atoms with Crippen LogP contribution in [0.3, 0.4) is 0 Å². The molecule has 6 heteroatoms. The van der Waals surface area contributed by atoms with E-state index in [4.69, 9.17) is 0 Å². The first-order chi connectivity index (χ1) is 11.2. The highest BCUT2D eigenvalue weighted by atomic mass is 32.1. The van der Waals surface area contributed by atoms with E-state index in [1.54, 1.807) is 37.4 Å². The molecule has 0 saturated carbocycles. The van der Waals surface area contributed by atoms with Gasteiger partial charge in [0.25, 0.3) is 11.5 Å². The van der Waals surface area contributed by atoms with Crippen molar-refractivity contribution in [3.8, 4) is 0 Å². The summed E-state index contributed by atoms with van der Waals surface area (Å²) in [4.78, 5) is 38.3. The van der Waals surface area contributed by atoms with Crippen molar-refractivity contribution in [2.75, 3.05) is 7.05 Å². The second-order valence-electron chi connectivity index (χ2n) is 6.39. The lowest BCUT2D eigenvalue weighted by Gasteiger charge is -2.12. The minimum absolute atomic E-state index is 0.0403. The minimum Gasteiger partial charge on any atom is -0.355 e. The van der Waals surface area contributed by atoms with Crippen LogP contribution >= 0.6 is 11.3 Å². The van der Waals surface area contributed by atoms with Gasteiger partial charge in [0, 0.05) is 24.1 Å². The average molecular weight is 344 g/mol. The third-order valence-electron chi connectivity index (χ3n) is 3.38. The number of amides is 1. The number of carbonyl (C=O) groups excluding carboxylic acids is 2. The molecule has 0 aliphatic rings. The maximum atomic E-state index is 12.0. The number of aromatic amines is 1. The minimum atomic E-state index is -0.486. The fourth-order valence-corrected chi connectivity index (χ4v) is 2.77. The number of ketones is 1. The number of nitrogens with one attached hydrogen (secondary N) is 2. The van der Waals surface area contributed by atoms with Gasteiger partial charge in [0.15, 0.2) is 5.78 Å². The highest BCUT2D eigenvalue weighted by molar-refractivity contribution is 7.07. The Balaban J connectivity index is 2.38. The van der Waals surface area contributed by atoms with E-state index in [0.717, 1.165) is 5.56 Å². The SMILES string of the molecule is CNC(=O)c1ccc(/C=c2/s/c(=C/C(=O)C(C)(C)C)[nH]c2=O)cc1. The topological polar surface area (TPSA) is 79.0 Å². The van der Waals surface area contributed by atoms with Gasteiger partial charge in [-0.05, 0) is 23.8 Å². The van der Waals surface area contributed by atoms with E-state index in [2.05, 4.69) is 10.3 Å². The average Bonchev–Trinajstić information content (AvgIpc) is 2.86. The highest BCUT2D eigenvalue weighted by Crippen LogP contribution is 2.14. The van der Waals surface area contributed by atoms with E-state index < -0.39 is 5.41 Å². The molecule has 2 rings (SSSR count). The molecule has 0 aliphatic heterocycles. The van der Waals surface area contributed by atoms with Gasteiger partial charge in [-0.2, -0.15) is 0 Å². The predicted octanol–water partition coefficient (Wildman–Crippen LogP) is 1.02. The second kappa shape index (κ2) is 6.97. The van der Waals surface area contributed by atoms with Crippen LogP contribution in [0.5, 0.6) is 0 Å². The normalized spacial score (nSPS) is 13.2. The number of hydrogen-bond donors (Lipinski definition) is 2. The zero-order valence-corrected chi connectivity index (χ0v) is 14.9. The zero-order chi connectivity index (χ0) is 17.9. The van der Waals surface area contributed by atoms with E-state index >= 15 is 0 Å². The zero-order valence-electron chi connectivity index (χ0n) is 14.1. The molecule has 1 amide bonds. The largest absolute Gasteiger partial charge is 0.355 e. The van der Waals surface area contributed by atoms with Crippen molar-refractivity contribution in [1.29, 1.82) is 0 Å². The molecular weight excluding hydrogens is 324 g/mol. The molecule has 2 N–H and O–H groups in total. The molecule has 0 atom stereocenters. The summed E-state index contributed by atoms with van der Waals surface area (Å²) in [6, 6.07) is 6.94. The maximum absolute atomic E-state index is 12.0. The standard InChI is InChI=1S/C18H20N2O3S/c1-18(2,3)14(21)10-15-20-17(23)13(24-15)9-11-5-7-12(8-6-11)16(22)19-4/h5-10H,1-4H3,(H,19,22)(H,20,23)/b13-9+,15-10+. The first-order valence-electron chi connectivity index (χ1n) is 7.50. The summed E-state index contributed by atoms with van der Waals surface area (Å²) in [5.41, 5.74) is 0.645. The van der Waals surface area contributed by atoms with Gasteiger partial charge < -0.3 is 10.3 Å². The molecule has 2 aromatic rings. The van der Waals surface area contributed by atoms with Crippen molar-refractivity contribution in [1.82, 2.24) is 10.3 Å². The van der Waals surface area contributed by atoms with Gasteiger partial charge in [-0.15, -0.1) is 11.3 Å². The smallest absolute Gasteiger partial charge is 0.266 e. The van der Waals surface area contributed by atoms with Crippen molar-refractivity contribution < 1.29 is 9.59 Å². The molecule has 0 fully saturated rings. The number of hydrogen-bond acceptors (Lipinski definition) is 4. The Bertz CT molecular complexity index is 928. The Morgan fingerprint density at radius 2 is 1.79 bits per heavy atom. The van der Waals surface area contributed by atoms with E-state index in [9.17, 15) is 14.4 Å². The summed E-state index contributed by atoms with van der Waals surface area (Å²) in [7, 11) is 1.57. The number of H-pyrrole nitrogens is 1. The van der Waals surface area contributed by atoms with Gasteiger partial charge in [0.2, 0.25) is 0 Å². The van der Waals surface area contributed by atoms with Crippen LogP contribution in [-0.4, -0.2) is 23.7 Å². The number of carbonyl (C=O) groups is 2. The highest BCUT2D eigenvalue weighted by Gasteiger charge is 2.18. The molecule has 1 heterocycles. The molecule has 0 spiro atoms. The molecule has 0 aliphatic carbocycles. The van der Waals surface area contributed by atoms with Crippen molar-refractivity contribution in [3.63, 3.8) is 0 Å². The summed E-state index contributed by atoms with van der Waals surface area (Å²) in [6.07, 6.45) is 3.20. The fourth-order valence-electron chi connectivity index (χ4n) is 1.89. The molecule has 126 valence electrons. The number of benzene rings is 1. The summed E-state index contributed by atoms with van der Waals surface area (Å²) in [5.74, 6) is -0.199. The Hall–Kier alpha value is -2.47. The monoisotopic (exact) mass is 344 g/mol. The Morgan fingerprint density at radius 1 is 1.17 bits per heavy atom. The van der Waals surface area contributed by atoms with E-state index in [1.807, 2.05) is 20.8 Å². The molecular formula is C18H20N2O3S. The van der Waals surface area contributed by atoms with Gasteiger partial charge in [-0.25, -0.2) is 0 Å². The molecule has 5 nitrogen and oxygen atoms in total. The van der Waals surface area contributed by atoms with Crippen LogP contribution < -0.4 is 20.1 Å². The van der Waals surface area contributed by atoms with Crippen molar-refractivity contribution in [2.24, 2.45) is 5.41 Å². The van der Waals surface area contributed by atoms with Crippen molar-refractivity contribution >= 4 is 35.2 Å². The Morgan fingerprint density at radius 3 is 2.33 bits per heavy atom. The molecule has 0 unspecified atom stereocenters. The fraction of sp³-hybridized carbons (Fsp3) is 0.278. The van der Waals surface area contributed by atoms with E-state index in [1.165, 1.54) is 17.4 Å². The first kappa shape index (κ1) is 17.9. The van der Waals surface area contributed by atoms with E-state index in [0.29, 0.717) is 14.8 Å². The lowest BCUT2D eigenvalue weighted by atomic mass is 9.91. The van der Waals surface area contributed by atoms with Crippen LogP contribution in [0.25, 0.3) is 12.2 Å². The molecule has 0 bridgehead atoms. The van der Waals surface area contributed by atoms with Crippen molar-refractivity contribution in [2.45, 2.75) is 20.8 Å². The third-order valence-corrected chi connectivity index (χ3v) is 4.34. The Kier molecular flexibility index (Phi) is 5.19. The maximum Gasteiger partial charge on any atom is 0.266 e. The number of Topliss-reactive ketones (excluding diaryl/α,β-unsaturated/α-hetero) is 1. The molecule has 0 saturated heterocycles. The molecule has 1 aromatic carbocycles. The lowest BCUT2D eigenvalue weighted by molar-refractivity contribution is -0.119. The third kappa shape index (κ3) is 4.29. The summed E-state index contributed by atoms with van der Waals surface area (Å²) in [6.45, 7) is 5.50. The molecule has 24 heavy (non-hydrogen) atoms. The van der Waals surface area contributed by atoms with Gasteiger partial charge in [0.05, 0.1) is 9.20 Å². The number of rotatable bonds is 3. The summed E-state index contributed by atoms with van der Waals surface area (Å²) >= 11 is 1.23. The number of aromatic nitrogens is 1. The van der Waals surface area contributed by atoms with Crippen LogP contribution in [0.15, 0.2) is 29.1 Å². The van der Waals surface area contributed by atoms with E-state index in [-0.39, 0.29) is 17.2 Å². The molecule has 1 aromatic heterocycles. The number of thiazole rings is 1. The van der Waals surface area contributed by atoms with Crippen LogP contribution in [0, 0.1) is 5.41 Å².